The number of rotatable bonds is 2. The molecule has 2 aliphatic rings. The molecule has 1 N–H and O–H groups in total. The number of carbonyl (C=O) groups excluding carboxylic acids is 1. The first-order valence-electron chi connectivity index (χ1n) is 4.65. The second-order valence-electron chi connectivity index (χ2n) is 3.95. The van der Waals surface area contributed by atoms with Crippen molar-refractivity contribution in [1.82, 2.24) is 4.90 Å². The van der Waals surface area contributed by atoms with E-state index in [9.17, 15) is 9.90 Å². The van der Waals surface area contributed by atoms with Crippen LogP contribution in [0.15, 0.2) is 0 Å². The summed E-state index contributed by atoms with van der Waals surface area (Å²) in [5.74, 6) is 1.10. The maximum atomic E-state index is 10.3. The summed E-state index contributed by atoms with van der Waals surface area (Å²) in [7, 11) is 0. The van der Waals surface area contributed by atoms with Crippen molar-refractivity contribution in [2.75, 3.05) is 19.6 Å². The van der Waals surface area contributed by atoms with Gasteiger partial charge in [0.2, 0.25) is 0 Å². The zero-order chi connectivity index (χ0) is 8.55. The molecule has 3 nitrogen and oxygen atoms in total. The van der Waals surface area contributed by atoms with Crippen LogP contribution in [0.4, 0.5) is 0 Å². The Kier molecular flexibility index (Phi) is 2.15. The second kappa shape index (κ2) is 3.15. The topological polar surface area (TPSA) is 40.5 Å². The molecule has 1 aliphatic heterocycles. The Bertz CT molecular complexity index is 183. The first-order valence-corrected chi connectivity index (χ1v) is 4.65. The Morgan fingerprint density at radius 2 is 2.25 bits per heavy atom. The highest BCUT2D eigenvalue weighted by atomic mass is 16.3. The van der Waals surface area contributed by atoms with Crippen molar-refractivity contribution in [2.24, 2.45) is 11.8 Å². The summed E-state index contributed by atoms with van der Waals surface area (Å²) in [6, 6.07) is 0. The van der Waals surface area contributed by atoms with E-state index in [0.29, 0.717) is 18.4 Å². The van der Waals surface area contributed by atoms with E-state index in [4.69, 9.17) is 0 Å². The number of carbonyl (C=O) groups is 1. The molecule has 0 spiro atoms. The monoisotopic (exact) mass is 169 g/mol. The zero-order valence-corrected chi connectivity index (χ0v) is 7.15. The third-order valence-electron chi connectivity index (χ3n) is 3.23. The normalized spacial score (nSPS) is 41.6. The fourth-order valence-corrected chi connectivity index (χ4v) is 2.58. The molecule has 1 aliphatic carbocycles. The lowest BCUT2D eigenvalue weighted by molar-refractivity contribution is -0.108. The van der Waals surface area contributed by atoms with Crippen molar-refractivity contribution >= 4 is 6.29 Å². The molecule has 3 heteroatoms. The SMILES string of the molecule is O=CCN1CC2CCC(O)C2C1. The average Bonchev–Trinajstić information content (AvgIpc) is 2.55. The molecule has 3 atom stereocenters. The van der Waals surface area contributed by atoms with E-state index >= 15 is 0 Å². The van der Waals surface area contributed by atoms with E-state index in [1.165, 1.54) is 0 Å². The van der Waals surface area contributed by atoms with Crippen LogP contribution >= 0.6 is 0 Å². The summed E-state index contributed by atoms with van der Waals surface area (Å²) in [6.45, 7) is 2.48. The number of aliphatic hydroxyl groups is 1. The summed E-state index contributed by atoms with van der Waals surface area (Å²) < 4.78 is 0. The Labute approximate surface area is 72.4 Å². The molecule has 1 saturated carbocycles. The second-order valence-corrected chi connectivity index (χ2v) is 3.95. The number of likely N-dealkylation sites (tertiary alicyclic amines) is 1. The Morgan fingerprint density at radius 1 is 1.42 bits per heavy atom. The molecule has 0 bridgehead atoms. The molecule has 1 heterocycles. The molecule has 0 amide bonds. The van der Waals surface area contributed by atoms with Gasteiger partial charge in [0, 0.05) is 19.0 Å². The van der Waals surface area contributed by atoms with Crippen molar-refractivity contribution in [2.45, 2.75) is 18.9 Å². The van der Waals surface area contributed by atoms with Crippen molar-refractivity contribution in [3.05, 3.63) is 0 Å². The molecule has 12 heavy (non-hydrogen) atoms. The van der Waals surface area contributed by atoms with Crippen molar-refractivity contribution in [3.8, 4) is 0 Å². The van der Waals surface area contributed by atoms with Gasteiger partial charge in [-0.3, -0.25) is 4.90 Å². The van der Waals surface area contributed by atoms with Crippen LogP contribution in [-0.4, -0.2) is 42.0 Å². The molecule has 3 unspecified atom stereocenters. The standard InChI is InChI=1S/C9H15NO2/c11-4-3-10-5-7-1-2-9(12)8(7)6-10/h4,7-9,12H,1-3,5-6H2. The number of nitrogens with zero attached hydrogens (tertiary/aromatic N) is 1. The third-order valence-corrected chi connectivity index (χ3v) is 3.23. The van der Waals surface area contributed by atoms with Crippen LogP contribution in [0.1, 0.15) is 12.8 Å². The maximum Gasteiger partial charge on any atom is 0.133 e. The number of hydrogen-bond donors (Lipinski definition) is 1. The highest BCUT2D eigenvalue weighted by molar-refractivity contribution is 5.52. The van der Waals surface area contributed by atoms with Gasteiger partial charge in [0.05, 0.1) is 12.6 Å². The van der Waals surface area contributed by atoms with Gasteiger partial charge < -0.3 is 9.90 Å². The Balaban J connectivity index is 1.93. The van der Waals surface area contributed by atoms with Gasteiger partial charge in [0.25, 0.3) is 0 Å². The minimum atomic E-state index is -0.105. The van der Waals surface area contributed by atoms with E-state index in [1.807, 2.05) is 0 Å². The van der Waals surface area contributed by atoms with Crippen molar-refractivity contribution < 1.29 is 9.90 Å². The average molecular weight is 169 g/mol. The predicted octanol–water partition coefficient (Wildman–Crippen LogP) is -0.112. The van der Waals surface area contributed by atoms with E-state index in [0.717, 1.165) is 32.2 Å². The lowest BCUT2D eigenvalue weighted by Crippen LogP contribution is -2.26. The molecular weight excluding hydrogens is 154 g/mol. The lowest BCUT2D eigenvalue weighted by atomic mass is 10.00. The molecule has 2 rings (SSSR count). The maximum absolute atomic E-state index is 10.3. The van der Waals surface area contributed by atoms with Crippen molar-refractivity contribution in [1.29, 1.82) is 0 Å². The molecular formula is C9H15NO2. The summed E-state index contributed by atoms with van der Waals surface area (Å²) in [6.07, 6.45) is 2.95. The fraction of sp³-hybridized carbons (Fsp3) is 0.889. The summed E-state index contributed by atoms with van der Waals surface area (Å²) in [5, 5.41) is 9.57. The van der Waals surface area contributed by atoms with Crippen LogP contribution in [-0.2, 0) is 4.79 Å². The van der Waals surface area contributed by atoms with Gasteiger partial charge in [-0.15, -0.1) is 0 Å². The molecule has 1 saturated heterocycles. The van der Waals surface area contributed by atoms with Crippen molar-refractivity contribution in [3.63, 3.8) is 0 Å². The molecule has 68 valence electrons. The molecule has 0 aromatic carbocycles. The number of aldehydes is 1. The zero-order valence-electron chi connectivity index (χ0n) is 7.15. The molecule has 2 fully saturated rings. The van der Waals surface area contributed by atoms with Crippen LogP contribution in [0.5, 0.6) is 0 Å². The highest BCUT2D eigenvalue weighted by Crippen LogP contribution is 2.37. The largest absolute Gasteiger partial charge is 0.393 e. The van der Waals surface area contributed by atoms with Gasteiger partial charge >= 0.3 is 0 Å². The van der Waals surface area contributed by atoms with Crippen LogP contribution in [0.2, 0.25) is 0 Å². The van der Waals surface area contributed by atoms with Crippen LogP contribution in [0.25, 0.3) is 0 Å². The van der Waals surface area contributed by atoms with E-state index in [2.05, 4.69) is 4.90 Å². The predicted molar refractivity (Wildman–Crippen MR) is 44.7 cm³/mol. The highest BCUT2D eigenvalue weighted by Gasteiger charge is 2.41. The van der Waals surface area contributed by atoms with E-state index in [1.54, 1.807) is 0 Å². The molecule has 0 aromatic rings. The first-order chi connectivity index (χ1) is 5.81. The lowest BCUT2D eigenvalue weighted by Gasteiger charge is -2.14. The Morgan fingerprint density at radius 3 is 2.92 bits per heavy atom. The third kappa shape index (κ3) is 1.27. The smallest absolute Gasteiger partial charge is 0.133 e. The van der Waals surface area contributed by atoms with E-state index < -0.39 is 0 Å². The first kappa shape index (κ1) is 8.20. The van der Waals surface area contributed by atoms with E-state index in [-0.39, 0.29) is 6.10 Å². The van der Waals surface area contributed by atoms with Gasteiger partial charge in [0.1, 0.15) is 6.29 Å². The number of aliphatic hydroxyl groups excluding tert-OH is 1. The number of hydrogen-bond acceptors (Lipinski definition) is 3. The summed E-state index contributed by atoms with van der Waals surface area (Å²) in [5.41, 5.74) is 0. The van der Waals surface area contributed by atoms with Gasteiger partial charge in [-0.25, -0.2) is 0 Å². The number of fused-ring (bicyclic) bond motifs is 1. The van der Waals surface area contributed by atoms with Gasteiger partial charge in [-0.1, -0.05) is 0 Å². The molecule has 0 aromatic heterocycles. The Hall–Kier alpha value is -0.410. The van der Waals surface area contributed by atoms with Crippen LogP contribution in [0.3, 0.4) is 0 Å². The minimum absolute atomic E-state index is 0.105. The van der Waals surface area contributed by atoms with Gasteiger partial charge in [0.15, 0.2) is 0 Å². The van der Waals surface area contributed by atoms with Crippen LogP contribution in [0, 0.1) is 11.8 Å². The van der Waals surface area contributed by atoms with Crippen LogP contribution < -0.4 is 0 Å². The minimum Gasteiger partial charge on any atom is -0.393 e. The summed E-state index contributed by atoms with van der Waals surface area (Å²) in [4.78, 5) is 12.4. The fourth-order valence-electron chi connectivity index (χ4n) is 2.58. The molecule has 0 radical (unpaired) electrons. The van der Waals surface area contributed by atoms with Gasteiger partial charge in [-0.2, -0.15) is 0 Å². The van der Waals surface area contributed by atoms with Gasteiger partial charge in [-0.05, 0) is 18.8 Å². The summed E-state index contributed by atoms with van der Waals surface area (Å²) >= 11 is 0. The quantitative estimate of drug-likeness (QED) is 0.586.